The zero-order valence-corrected chi connectivity index (χ0v) is 15.2. The Kier molecular flexibility index (Phi) is 6.78. The van der Waals surface area contributed by atoms with Crippen molar-refractivity contribution in [3.63, 3.8) is 0 Å². The van der Waals surface area contributed by atoms with Gasteiger partial charge in [0, 0.05) is 32.7 Å². The SMILES string of the molecule is CCNC(=O)NC(=O)[C@@H](C)N1CCN(C(=O)c2ccccc2Cl)CC1. The molecule has 1 aliphatic heterocycles. The summed E-state index contributed by atoms with van der Waals surface area (Å²) in [5.41, 5.74) is 0.486. The maximum atomic E-state index is 12.5. The van der Waals surface area contributed by atoms with Crippen LogP contribution in [-0.4, -0.2) is 66.4 Å². The smallest absolute Gasteiger partial charge is 0.321 e. The molecule has 0 radical (unpaired) electrons. The molecule has 1 aromatic carbocycles. The summed E-state index contributed by atoms with van der Waals surface area (Å²) < 4.78 is 0. The summed E-state index contributed by atoms with van der Waals surface area (Å²) in [6.07, 6.45) is 0. The topological polar surface area (TPSA) is 81.8 Å². The second kappa shape index (κ2) is 8.82. The van der Waals surface area contributed by atoms with Gasteiger partial charge in [-0.2, -0.15) is 0 Å². The number of rotatable bonds is 4. The molecule has 1 atom stereocenters. The first-order valence-corrected chi connectivity index (χ1v) is 8.68. The van der Waals surface area contributed by atoms with Crippen molar-refractivity contribution < 1.29 is 14.4 Å². The first kappa shape index (κ1) is 19.2. The Labute approximate surface area is 152 Å². The monoisotopic (exact) mass is 366 g/mol. The lowest BCUT2D eigenvalue weighted by atomic mass is 10.1. The normalized spacial score (nSPS) is 16.2. The zero-order valence-electron chi connectivity index (χ0n) is 14.4. The third kappa shape index (κ3) is 4.93. The van der Waals surface area contributed by atoms with Crippen LogP contribution in [0.15, 0.2) is 24.3 Å². The molecule has 8 heteroatoms. The molecule has 7 nitrogen and oxygen atoms in total. The maximum absolute atomic E-state index is 12.5. The predicted octanol–water partition coefficient (Wildman–Crippen LogP) is 1.33. The number of imide groups is 1. The van der Waals surface area contributed by atoms with Crippen LogP contribution in [0.5, 0.6) is 0 Å². The van der Waals surface area contributed by atoms with Crippen molar-refractivity contribution in [2.75, 3.05) is 32.7 Å². The Morgan fingerprint density at radius 3 is 2.40 bits per heavy atom. The Hall–Kier alpha value is -2.12. The number of urea groups is 1. The van der Waals surface area contributed by atoms with Crippen molar-refractivity contribution in [1.82, 2.24) is 20.4 Å². The summed E-state index contributed by atoms with van der Waals surface area (Å²) in [5.74, 6) is -0.457. The molecule has 0 spiro atoms. The van der Waals surface area contributed by atoms with Crippen LogP contribution in [0.1, 0.15) is 24.2 Å². The molecule has 0 aliphatic carbocycles. The standard InChI is InChI=1S/C17H23ClN4O3/c1-3-19-17(25)20-15(23)12(2)21-8-10-22(11-9-21)16(24)13-6-4-5-7-14(13)18/h4-7,12H,3,8-11H2,1-2H3,(H2,19,20,23,25)/t12-/m1/s1. The Morgan fingerprint density at radius 1 is 1.16 bits per heavy atom. The van der Waals surface area contributed by atoms with Crippen LogP contribution in [0.2, 0.25) is 5.02 Å². The number of amides is 4. The molecule has 1 aromatic rings. The molecule has 2 rings (SSSR count). The average Bonchev–Trinajstić information content (AvgIpc) is 2.61. The largest absolute Gasteiger partial charge is 0.338 e. The van der Waals surface area contributed by atoms with E-state index in [1.807, 2.05) is 4.90 Å². The van der Waals surface area contributed by atoms with E-state index >= 15 is 0 Å². The highest BCUT2D eigenvalue weighted by Crippen LogP contribution is 2.18. The maximum Gasteiger partial charge on any atom is 0.321 e. The van der Waals surface area contributed by atoms with Gasteiger partial charge in [0.1, 0.15) is 0 Å². The lowest BCUT2D eigenvalue weighted by Crippen LogP contribution is -2.56. The first-order chi connectivity index (χ1) is 11.9. The van der Waals surface area contributed by atoms with Gasteiger partial charge in [-0.05, 0) is 26.0 Å². The van der Waals surface area contributed by atoms with Gasteiger partial charge in [-0.15, -0.1) is 0 Å². The van der Waals surface area contributed by atoms with Gasteiger partial charge >= 0.3 is 6.03 Å². The van der Waals surface area contributed by atoms with E-state index in [1.54, 1.807) is 43.0 Å². The second-order valence-electron chi connectivity index (χ2n) is 5.83. The van der Waals surface area contributed by atoms with E-state index < -0.39 is 12.1 Å². The van der Waals surface area contributed by atoms with Crippen molar-refractivity contribution in [3.8, 4) is 0 Å². The molecule has 0 unspecified atom stereocenters. The molecular weight excluding hydrogens is 344 g/mol. The van der Waals surface area contributed by atoms with Crippen LogP contribution in [0.4, 0.5) is 4.79 Å². The van der Waals surface area contributed by atoms with Crippen LogP contribution >= 0.6 is 11.6 Å². The highest BCUT2D eigenvalue weighted by atomic mass is 35.5. The van der Waals surface area contributed by atoms with Gasteiger partial charge in [0.25, 0.3) is 5.91 Å². The summed E-state index contributed by atoms with van der Waals surface area (Å²) in [6, 6.07) is 6.03. The molecule has 1 saturated heterocycles. The fraction of sp³-hybridized carbons (Fsp3) is 0.471. The van der Waals surface area contributed by atoms with E-state index in [2.05, 4.69) is 10.6 Å². The Morgan fingerprint density at radius 2 is 1.80 bits per heavy atom. The van der Waals surface area contributed by atoms with Crippen LogP contribution in [0.25, 0.3) is 0 Å². The van der Waals surface area contributed by atoms with E-state index in [0.29, 0.717) is 43.3 Å². The molecule has 1 aliphatic rings. The van der Waals surface area contributed by atoms with Gasteiger partial charge in [0.2, 0.25) is 5.91 Å². The quantitative estimate of drug-likeness (QED) is 0.842. The molecule has 25 heavy (non-hydrogen) atoms. The highest BCUT2D eigenvalue weighted by molar-refractivity contribution is 6.33. The lowest BCUT2D eigenvalue weighted by Gasteiger charge is -2.37. The van der Waals surface area contributed by atoms with Gasteiger partial charge in [-0.1, -0.05) is 23.7 Å². The molecule has 1 heterocycles. The molecule has 0 saturated carbocycles. The minimum absolute atomic E-state index is 0.107. The van der Waals surface area contributed by atoms with Crippen molar-refractivity contribution in [3.05, 3.63) is 34.9 Å². The second-order valence-corrected chi connectivity index (χ2v) is 6.24. The van der Waals surface area contributed by atoms with Crippen molar-refractivity contribution in [2.45, 2.75) is 19.9 Å². The van der Waals surface area contributed by atoms with Gasteiger partial charge in [-0.3, -0.25) is 19.8 Å². The summed E-state index contributed by atoms with van der Waals surface area (Å²) in [6.45, 7) is 6.10. The summed E-state index contributed by atoms with van der Waals surface area (Å²) in [5, 5.41) is 5.28. The van der Waals surface area contributed by atoms with Crippen molar-refractivity contribution >= 4 is 29.4 Å². The van der Waals surface area contributed by atoms with E-state index in [0.717, 1.165) is 0 Å². The van der Waals surface area contributed by atoms with Gasteiger partial charge < -0.3 is 10.2 Å². The number of carbonyl (C=O) groups excluding carboxylic acids is 3. The lowest BCUT2D eigenvalue weighted by molar-refractivity contribution is -0.125. The van der Waals surface area contributed by atoms with Crippen LogP contribution in [0, 0.1) is 0 Å². The number of carbonyl (C=O) groups is 3. The van der Waals surface area contributed by atoms with Crippen LogP contribution in [-0.2, 0) is 4.79 Å². The molecule has 0 aromatic heterocycles. The number of nitrogens with one attached hydrogen (secondary N) is 2. The summed E-state index contributed by atoms with van der Waals surface area (Å²) >= 11 is 6.08. The third-order valence-corrected chi connectivity index (χ3v) is 4.54. The summed E-state index contributed by atoms with van der Waals surface area (Å²) in [7, 11) is 0. The number of hydrogen-bond acceptors (Lipinski definition) is 4. The fourth-order valence-corrected chi connectivity index (χ4v) is 2.92. The van der Waals surface area contributed by atoms with Gasteiger partial charge in [-0.25, -0.2) is 4.79 Å². The zero-order chi connectivity index (χ0) is 18.4. The third-order valence-electron chi connectivity index (χ3n) is 4.21. The highest BCUT2D eigenvalue weighted by Gasteiger charge is 2.29. The van der Waals surface area contributed by atoms with Gasteiger partial charge in [0.05, 0.1) is 16.6 Å². The first-order valence-electron chi connectivity index (χ1n) is 8.30. The summed E-state index contributed by atoms with van der Waals surface area (Å²) in [4.78, 5) is 39.8. The minimum atomic E-state index is -0.494. The van der Waals surface area contributed by atoms with E-state index in [1.165, 1.54) is 0 Å². The number of hydrogen-bond donors (Lipinski definition) is 2. The average molecular weight is 367 g/mol. The number of nitrogens with zero attached hydrogens (tertiary/aromatic N) is 2. The molecule has 136 valence electrons. The number of piperazine rings is 1. The molecule has 0 bridgehead atoms. The number of benzene rings is 1. The fourth-order valence-electron chi connectivity index (χ4n) is 2.70. The number of halogens is 1. The molecule has 4 amide bonds. The molecule has 2 N–H and O–H groups in total. The van der Waals surface area contributed by atoms with Gasteiger partial charge in [0.15, 0.2) is 0 Å². The van der Waals surface area contributed by atoms with E-state index in [4.69, 9.17) is 11.6 Å². The van der Waals surface area contributed by atoms with Crippen LogP contribution in [0.3, 0.4) is 0 Å². The van der Waals surface area contributed by atoms with Crippen molar-refractivity contribution in [1.29, 1.82) is 0 Å². The Bertz CT molecular complexity index is 645. The van der Waals surface area contributed by atoms with Crippen LogP contribution < -0.4 is 10.6 Å². The molecular formula is C17H23ClN4O3. The predicted molar refractivity (Wildman–Crippen MR) is 95.6 cm³/mol. The minimum Gasteiger partial charge on any atom is -0.338 e. The van der Waals surface area contributed by atoms with E-state index in [-0.39, 0.29) is 11.8 Å². The Balaban J connectivity index is 1.88. The van der Waals surface area contributed by atoms with E-state index in [9.17, 15) is 14.4 Å². The molecule has 1 fully saturated rings. The van der Waals surface area contributed by atoms with Crippen molar-refractivity contribution in [2.24, 2.45) is 0 Å².